The van der Waals surface area contributed by atoms with Crippen molar-refractivity contribution in [1.29, 1.82) is 0 Å². The van der Waals surface area contributed by atoms with Gasteiger partial charge in [0.1, 0.15) is 17.0 Å². The minimum Gasteiger partial charge on any atom is -0.477 e. The zero-order valence-corrected chi connectivity index (χ0v) is 17.2. The lowest BCUT2D eigenvalue weighted by Gasteiger charge is -2.21. The maximum atomic E-state index is 14.7. The number of hydrogen-bond acceptors (Lipinski definition) is 6. The van der Waals surface area contributed by atoms with Crippen molar-refractivity contribution in [3.8, 4) is 0 Å². The first-order valence-corrected chi connectivity index (χ1v) is 9.82. The normalized spacial score (nSPS) is 15.1. The standard InChI is InChI=1S/C21H26FN3O5/c1-21(2,3)30-18(26)7-6-17(23)24-15-9-16-12(8-14(15)22)19(27)13(20(28)29)10-25(16)11-4-5-11/h8-11,17,24H,4-7,23H2,1-3H3,(H,28,29). The minimum absolute atomic E-state index is 0.00664. The van der Waals surface area contributed by atoms with Crippen LogP contribution in [-0.4, -0.2) is 33.4 Å². The van der Waals surface area contributed by atoms with Crippen LogP contribution in [0.15, 0.2) is 23.1 Å². The molecule has 1 aromatic heterocycles. The van der Waals surface area contributed by atoms with Crippen LogP contribution in [-0.2, 0) is 9.53 Å². The molecule has 2 aromatic rings. The summed E-state index contributed by atoms with van der Waals surface area (Å²) in [4.78, 5) is 35.7. The van der Waals surface area contributed by atoms with Crippen LogP contribution in [0.1, 0.15) is 62.9 Å². The number of aromatic carboxylic acids is 1. The second-order valence-corrected chi connectivity index (χ2v) is 8.54. The van der Waals surface area contributed by atoms with Gasteiger partial charge in [0.15, 0.2) is 0 Å². The summed E-state index contributed by atoms with van der Waals surface area (Å²) < 4.78 is 21.6. The van der Waals surface area contributed by atoms with E-state index in [0.717, 1.165) is 18.9 Å². The summed E-state index contributed by atoms with van der Waals surface area (Å²) in [5, 5.41) is 12.1. The average Bonchev–Trinajstić information content (AvgIpc) is 3.45. The average molecular weight is 419 g/mol. The van der Waals surface area contributed by atoms with E-state index < -0.39 is 35.0 Å². The van der Waals surface area contributed by atoms with Gasteiger partial charge in [0.25, 0.3) is 0 Å². The first-order valence-electron chi connectivity index (χ1n) is 9.82. The molecule has 1 aliphatic rings. The zero-order valence-electron chi connectivity index (χ0n) is 17.2. The summed E-state index contributed by atoms with van der Waals surface area (Å²) in [5.74, 6) is -2.47. The number of rotatable bonds is 7. The molecule has 0 bridgehead atoms. The van der Waals surface area contributed by atoms with Gasteiger partial charge in [0, 0.05) is 24.0 Å². The van der Waals surface area contributed by atoms with Gasteiger partial charge in [-0.3, -0.25) is 9.59 Å². The first-order chi connectivity index (χ1) is 14.0. The lowest BCUT2D eigenvalue weighted by Crippen LogP contribution is -2.32. The van der Waals surface area contributed by atoms with Crippen molar-refractivity contribution in [2.24, 2.45) is 5.73 Å². The molecule has 1 saturated carbocycles. The van der Waals surface area contributed by atoms with Crippen molar-refractivity contribution in [3.63, 3.8) is 0 Å². The van der Waals surface area contributed by atoms with Gasteiger partial charge in [0.2, 0.25) is 5.43 Å². The number of fused-ring (bicyclic) bond motifs is 1. The second kappa shape index (κ2) is 8.06. The molecular formula is C21H26FN3O5. The number of anilines is 1. The number of carboxylic acid groups (broad SMARTS) is 1. The summed E-state index contributed by atoms with van der Waals surface area (Å²) in [6.45, 7) is 5.30. The highest BCUT2D eigenvalue weighted by molar-refractivity contribution is 5.93. The van der Waals surface area contributed by atoms with Crippen molar-refractivity contribution in [1.82, 2.24) is 4.57 Å². The highest BCUT2D eigenvalue weighted by Crippen LogP contribution is 2.37. The molecule has 1 aliphatic carbocycles. The van der Waals surface area contributed by atoms with Gasteiger partial charge in [-0.2, -0.15) is 0 Å². The Morgan fingerprint density at radius 1 is 1.37 bits per heavy atom. The van der Waals surface area contributed by atoms with Crippen molar-refractivity contribution in [2.45, 2.75) is 64.3 Å². The number of nitrogens with zero attached hydrogens (tertiary/aromatic N) is 1. The molecule has 0 radical (unpaired) electrons. The monoisotopic (exact) mass is 419 g/mol. The van der Waals surface area contributed by atoms with E-state index in [9.17, 15) is 23.9 Å². The SMILES string of the molecule is CC(C)(C)OC(=O)CCC(N)Nc1cc2c(cc1F)c(=O)c(C(=O)O)cn2C1CC1. The minimum atomic E-state index is -1.34. The summed E-state index contributed by atoms with van der Waals surface area (Å²) in [7, 11) is 0. The molecular weight excluding hydrogens is 393 g/mol. The van der Waals surface area contributed by atoms with Gasteiger partial charge < -0.3 is 25.5 Å². The van der Waals surface area contributed by atoms with Crippen LogP contribution in [0.4, 0.5) is 10.1 Å². The molecule has 1 fully saturated rings. The van der Waals surface area contributed by atoms with E-state index in [1.165, 1.54) is 12.3 Å². The van der Waals surface area contributed by atoms with E-state index >= 15 is 0 Å². The van der Waals surface area contributed by atoms with Gasteiger partial charge in [-0.25, -0.2) is 9.18 Å². The fourth-order valence-corrected chi connectivity index (χ4v) is 3.23. The largest absolute Gasteiger partial charge is 0.477 e. The summed E-state index contributed by atoms with van der Waals surface area (Å²) in [6.07, 6.45) is 2.59. The number of nitrogens with two attached hydrogens (primary N) is 1. The Morgan fingerprint density at radius 2 is 2.03 bits per heavy atom. The second-order valence-electron chi connectivity index (χ2n) is 8.54. The first kappa shape index (κ1) is 21.8. The summed E-state index contributed by atoms with van der Waals surface area (Å²) in [6, 6.07) is 2.57. The smallest absolute Gasteiger partial charge is 0.341 e. The van der Waals surface area contributed by atoms with Crippen LogP contribution >= 0.6 is 0 Å². The third kappa shape index (κ3) is 4.96. The Morgan fingerprint density at radius 3 is 2.60 bits per heavy atom. The highest BCUT2D eigenvalue weighted by Gasteiger charge is 2.27. The fourth-order valence-electron chi connectivity index (χ4n) is 3.23. The van der Waals surface area contributed by atoms with E-state index in [4.69, 9.17) is 10.5 Å². The number of carboxylic acids is 1. The number of nitrogens with one attached hydrogen (secondary N) is 1. The van der Waals surface area contributed by atoms with Crippen molar-refractivity contribution >= 4 is 28.5 Å². The predicted octanol–water partition coefficient (Wildman–Crippen LogP) is 2.99. The Labute approximate surface area is 172 Å². The number of hydrogen-bond donors (Lipinski definition) is 3. The van der Waals surface area contributed by atoms with Gasteiger partial charge >= 0.3 is 11.9 Å². The van der Waals surface area contributed by atoms with Crippen LogP contribution in [0.2, 0.25) is 0 Å². The number of halogens is 1. The van der Waals surface area contributed by atoms with Crippen LogP contribution in [0.25, 0.3) is 10.9 Å². The number of carbonyl (C=O) groups excluding carboxylic acids is 1. The van der Waals surface area contributed by atoms with Gasteiger partial charge in [-0.05, 0) is 52.2 Å². The quantitative estimate of drug-likeness (QED) is 0.465. The van der Waals surface area contributed by atoms with Crippen molar-refractivity contribution < 1.29 is 23.8 Å². The van der Waals surface area contributed by atoms with Crippen LogP contribution < -0.4 is 16.5 Å². The molecule has 1 atom stereocenters. The molecule has 1 unspecified atom stereocenters. The van der Waals surface area contributed by atoms with Crippen molar-refractivity contribution in [2.75, 3.05) is 5.32 Å². The van der Waals surface area contributed by atoms with E-state index in [0.29, 0.717) is 5.52 Å². The lowest BCUT2D eigenvalue weighted by molar-refractivity contribution is -0.154. The third-order valence-corrected chi connectivity index (χ3v) is 4.71. The molecule has 1 aromatic carbocycles. The molecule has 8 nitrogen and oxygen atoms in total. The van der Waals surface area contributed by atoms with Gasteiger partial charge in [0.05, 0.1) is 17.4 Å². The molecule has 0 amide bonds. The maximum absolute atomic E-state index is 14.7. The number of aromatic nitrogens is 1. The number of carbonyl (C=O) groups is 2. The summed E-state index contributed by atoms with van der Waals surface area (Å²) in [5.41, 5.74) is 4.81. The van der Waals surface area contributed by atoms with Crippen LogP contribution in [0, 0.1) is 5.82 Å². The molecule has 162 valence electrons. The Hall–Kier alpha value is -2.94. The molecule has 9 heteroatoms. The molecule has 3 rings (SSSR count). The fraction of sp³-hybridized carbons (Fsp3) is 0.476. The Kier molecular flexibility index (Phi) is 5.85. The topological polar surface area (TPSA) is 124 Å². The van der Waals surface area contributed by atoms with E-state index in [2.05, 4.69) is 5.32 Å². The molecule has 0 spiro atoms. The predicted molar refractivity (Wildman–Crippen MR) is 110 cm³/mol. The summed E-state index contributed by atoms with van der Waals surface area (Å²) >= 11 is 0. The van der Waals surface area contributed by atoms with E-state index in [1.54, 1.807) is 25.3 Å². The number of benzene rings is 1. The highest BCUT2D eigenvalue weighted by atomic mass is 19.1. The van der Waals surface area contributed by atoms with Gasteiger partial charge in [-0.1, -0.05) is 0 Å². The molecule has 4 N–H and O–H groups in total. The maximum Gasteiger partial charge on any atom is 0.341 e. The van der Waals surface area contributed by atoms with Crippen LogP contribution in [0.5, 0.6) is 0 Å². The molecule has 0 saturated heterocycles. The molecule has 0 aliphatic heterocycles. The number of ether oxygens (including phenoxy) is 1. The lowest BCUT2D eigenvalue weighted by atomic mass is 10.1. The zero-order chi connectivity index (χ0) is 22.2. The third-order valence-electron chi connectivity index (χ3n) is 4.71. The number of pyridine rings is 1. The Balaban J connectivity index is 1.85. The number of esters is 1. The van der Waals surface area contributed by atoms with E-state index in [-0.39, 0.29) is 35.5 Å². The van der Waals surface area contributed by atoms with Crippen molar-refractivity contribution in [3.05, 3.63) is 39.9 Å². The molecule has 30 heavy (non-hydrogen) atoms. The van der Waals surface area contributed by atoms with Gasteiger partial charge in [-0.15, -0.1) is 0 Å². The van der Waals surface area contributed by atoms with Crippen LogP contribution in [0.3, 0.4) is 0 Å². The Bertz CT molecular complexity index is 1050. The van der Waals surface area contributed by atoms with E-state index in [1.807, 2.05) is 0 Å². The molecule has 1 heterocycles.